The van der Waals surface area contributed by atoms with Gasteiger partial charge >= 0.3 is 6.03 Å². The standard InChI is InChI=1S/C19H27N3O2/c23-19(20-16-13-15-5-1-4-8-18(15)24-14-16)22-11-9-21(10-12-22)17-6-2-3-7-17/h1,4-5,8,16-17H,2-3,6-7,9-14H2,(H,20,23)/t16-/m1/s1. The second-order valence-corrected chi connectivity index (χ2v) is 7.23. The Labute approximate surface area is 144 Å². The molecular weight excluding hydrogens is 302 g/mol. The average molecular weight is 329 g/mol. The summed E-state index contributed by atoms with van der Waals surface area (Å²) in [4.78, 5) is 17.1. The predicted molar refractivity (Wildman–Crippen MR) is 93.4 cm³/mol. The third-order valence-electron chi connectivity index (χ3n) is 5.65. The Hall–Kier alpha value is -1.75. The van der Waals surface area contributed by atoms with Gasteiger partial charge in [-0.25, -0.2) is 4.79 Å². The molecule has 0 unspecified atom stereocenters. The van der Waals surface area contributed by atoms with E-state index in [4.69, 9.17) is 4.74 Å². The summed E-state index contributed by atoms with van der Waals surface area (Å²) in [6.45, 7) is 4.27. The predicted octanol–water partition coefficient (Wildman–Crippen LogP) is 2.26. The molecule has 2 aliphatic heterocycles. The van der Waals surface area contributed by atoms with E-state index in [1.165, 1.54) is 31.2 Å². The molecule has 3 aliphatic rings. The number of amides is 2. The van der Waals surface area contributed by atoms with Crippen LogP contribution in [0.4, 0.5) is 4.79 Å². The molecule has 2 fully saturated rings. The summed E-state index contributed by atoms with van der Waals surface area (Å²) in [5, 5.41) is 3.16. The summed E-state index contributed by atoms with van der Waals surface area (Å²) in [5.41, 5.74) is 1.18. The minimum atomic E-state index is 0.0639. The van der Waals surface area contributed by atoms with Crippen molar-refractivity contribution in [1.82, 2.24) is 15.1 Å². The molecule has 1 aliphatic carbocycles. The fourth-order valence-corrected chi connectivity index (χ4v) is 4.25. The second kappa shape index (κ2) is 7.01. The normalized spacial score (nSPS) is 25.2. The van der Waals surface area contributed by atoms with Gasteiger partial charge in [-0.2, -0.15) is 0 Å². The molecule has 0 bridgehead atoms. The van der Waals surface area contributed by atoms with Crippen molar-refractivity contribution >= 4 is 6.03 Å². The fraction of sp³-hybridized carbons (Fsp3) is 0.632. The van der Waals surface area contributed by atoms with Crippen molar-refractivity contribution in [3.63, 3.8) is 0 Å². The van der Waals surface area contributed by atoms with Gasteiger partial charge < -0.3 is 15.0 Å². The van der Waals surface area contributed by atoms with Gasteiger partial charge in [-0.05, 0) is 30.9 Å². The molecular formula is C19H27N3O2. The zero-order valence-corrected chi connectivity index (χ0v) is 14.2. The van der Waals surface area contributed by atoms with Gasteiger partial charge in [-0.15, -0.1) is 0 Å². The number of carbonyl (C=O) groups is 1. The molecule has 0 spiro atoms. The first-order chi connectivity index (χ1) is 11.8. The van der Waals surface area contributed by atoms with E-state index >= 15 is 0 Å². The van der Waals surface area contributed by atoms with Crippen LogP contribution in [0, 0.1) is 0 Å². The number of benzene rings is 1. The van der Waals surface area contributed by atoms with E-state index < -0.39 is 0 Å². The number of para-hydroxylation sites is 1. The zero-order valence-electron chi connectivity index (χ0n) is 14.2. The van der Waals surface area contributed by atoms with Gasteiger partial charge in [0.25, 0.3) is 0 Å². The summed E-state index contributed by atoms with van der Waals surface area (Å²) in [5.74, 6) is 0.952. The number of nitrogens with one attached hydrogen (secondary N) is 1. The van der Waals surface area contributed by atoms with E-state index in [1.54, 1.807) is 0 Å². The van der Waals surface area contributed by atoms with Crippen LogP contribution < -0.4 is 10.1 Å². The Balaban J connectivity index is 1.27. The molecule has 24 heavy (non-hydrogen) atoms. The number of hydrogen-bond donors (Lipinski definition) is 1. The van der Waals surface area contributed by atoms with E-state index in [0.29, 0.717) is 6.61 Å². The summed E-state index contributed by atoms with van der Waals surface area (Å²) in [6, 6.07) is 8.98. The highest BCUT2D eigenvalue weighted by Crippen LogP contribution is 2.25. The van der Waals surface area contributed by atoms with Crippen LogP contribution in [-0.4, -0.2) is 60.7 Å². The smallest absolute Gasteiger partial charge is 0.317 e. The number of piperazine rings is 1. The van der Waals surface area contributed by atoms with Crippen LogP contribution in [0.5, 0.6) is 5.75 Å². The molecule has 1 aromatic rings. The summed E-state index contributed by atoms with van der Waals surface area (Å²) in [6.07, 6.45) is 6.27. The lowest BCUT2D eigenvalue weighted by atomic mass is 10.0. The monoisotopic (exact) mass is 329 g/mol. The first-order valence-electron chi connectivity index (χ1n) is 9.30. The highest BCUT2D eigenvalue weighted by molar-refractivity contribution is 5.74. The van der Waals surface area contributed by atoms with Gasteiger partial charge in [0.15, 0.2) is 0 Å². The van der Waals surface area contributed by atoms with Crippen molar-refractivity contribution in [1.29, 1.82) is 0 Å². The third kappa shape index (κ3) is 3.36. The van der Waals surface area contributed by atoms with Crippen LogP contribution in [0.3, 0.4) is 0 Å². The van der Waals surface area contributed by atoms with E-state index in [1.807, 2.05) is 23.1 Å². The van der Waals surface area contributed by atoms with Crippen molar-refractivity contribution in [2.75, 3.05) is 32.8 Å². The topological polar surface area (TPSA) is 44.8 Å². The maximum atomic E-state index is 12.5. The third-order valence-corrected chi connectivity index (χ3v) is 5.65. The largest absolute Gasteiger partial charge is 0.491 e. The minimum absolute atomic E-state index is 0.0639. The molecule has 1 saturated heterocycles. The Bertz CT molecular complexity index is 578. The molecule has 2 heterocycles. The number of ether oxygens (including phenoxy) is 1. The highest BCUT2D eigenvalue weighted by atomic mass is 16.5. The molecule has 0 radical (unpaired) electrons. The Morgan fingerprint density at radius 1 is 1.08 bits per heavy atom. The Morgan fingerprint density at radius 2 is 1.83 bits per heavy atom. The Morgan fingerprint density at radius 3 is 2.62 bits per heavy atom. The Kier molecular flexibility index (Phi) is 4.60. The van der Waals surface area contributed by atoms with Crippen molar-refractivity contribution < 1.29 is 9.53 Å². The molecule has 130 valence electrons. The maximum Gasteiger partial charge on any atom is 0.317 e. The first-order valence-corrected chi connectivity index (χ1v) is 9.30. The number of urea groups is 1. The van der Waals surface area contributed by atoms with E-state index in [0.717, 1.165) is 44.4 Å². The summed E-state index contributed by atoms with van der Waals surface area (Å²) < 4.78 is 5.77. The van der Waals surface area contributed by atoms with Gasteiger partial charge in [0, 0.05) is 32.2 Å². The molecule has 2 amide bonds. The van der Waals surface area contributed by atoms with Crippen molar-refractivity contribution in [2.45, 2.75) is 44.2 Å². The first kappa shape index (κ1) is 15.8. The molecule has 1 atom stereocenters. The zero-order chi connectivity index (χ0) is 16.4. The van der Waals surface area contributed by atoms with Crippen LogP contribution >= 0.6 is 0 Å². The van der Waals surface area contributed by atoms with Crippen LogP contribution in [-0.2, 0) is 6.42 Å². The van der Waals surface area contributed by atoms with E-state index in [9.17, 15) is 4.79 Å². The van der Waals surface area contributed by atoms with Crippen LogP contribution in [0.15, 0.2) is 24.3 Å². The SMILES string of the molecule is O=C(N[C@H]1COc2ccccc2C1)N1CCN(C2CCCC2)CC1. The van der Waals surface area contributed by atoms with Crippen molar-refractivity contribution in [3.8, 4) is 5.75 Å². The molecule has 0 aromatic heterocycles. The minimum Gasteiger partial charge on any atom is -0.491 e. The molecule has 1 N–H and O–H groups in total. The molecule has 5 nitrogen and oxygen atoms in total. The summed E-state index contributed by atoms with van der Waals surface area (Å²) in [7, 11) is 0. The van der Waals surface area contributed by atoms with Crippen LogP contribution in [0.25, 0.3) is 0 Å². The van der Waals surface area contributed by atoms with Gasteiger partial charge in [-0.1, -0.05) is 31.0 Å². The maximum absolute atomic E-state index is 12.5. The number of hydrogen-bond acceptors (Lipinski definition) is 3. The lowest BCUT2D eigenvalue weighted by molar-refractivity contribution is 0.106. The van der Waals surface area contributed by atoms with Crippen molar-refractivity contribution in [2.24, 2.45) is 0 Å². The molecule has 1 saturated carbocycles. The van der Waals surface area contributed by atoms with Crippen molar-refractivity contribution in [3.05, 3.63) is 29.8 Å². The number of carbonyl (C=O) groups excluding carboxylic acids is 1. The average Bonchev–Trinajstić information content (AvgIpc) is 3.16. The number of fused-ring (bicyclic) bond motifs is 1. The fourth-order valence-electron chi connectivity index (χ4n) is 4.25. The lowest BCUT2D eigenvalue weighted by Gasteiger charge is -2.38. The quantitative estimate of drug-likeness (QED) is 0.905. The number of nitrogens with zero attached hydrogens (tertiary/aromatic N) is 2. The van der Waals surface area contributed by atoms with Crippen LogP contribution in [0.1, 0.15) is 31.2 Å². The van der Waals surface area contributed by atoms with Gasteiger partial charge in [0.05, 0.1) is 6.04 Å². The van der Waals surface area contributed by atoms with E-state index in [-0.39, 0.29) is 12.1 Å². The van der Waals surface area contributed by atoms with Crippen LogP contribution in [0.2, 0.25) is 0 Å². The molecule has 1 aromatic carbocycles. The van der Waals surface area contributed by atoms with E-state index in [2.05, 4.69) is 16.3 Å². The van der Waals surface area contributed by atoms with Gasteiger partial charge in [0.1, 0.15) is 12.4 Å². The molecule has 4 rings (SSSR count). The van der Waals surface area contributed by atoms with Gasteiger partial charge in [0.2, 0.25) is 0 Å². The highest BCUT2D eigenvalue weighted by Gasteiger charge is 2.29. The number of rotatable bonds is 2. The second-order valence-electron chi connectivity index (χ2n) is 7.23. The summed E-state index contributed by atoms with van der Waals surface area (Å²) >= 11 is 0. The lowest BCUT2D eigenvalue weighted by Crippen LogP contribution is -2.56. The van der Waals surface area contributed by atoms with Gasteiger partial charge in [-0.3, -0.25) is 4.90 Å². The molecule has 5 heteroatoms.